The first kappa shape index (κ1) is 18.6. The summed E-state index contributed by atoms with van der Waals surface area (Å²) in [6.07, 6.45) is 3.15. The number of phenolic OH excluding ortho intramolecular Hbond substituents is 1. The van der Waals surface area contributed by atoms with Gasteiger partial charge in [-0.15, -0.1) is 0 Å². The molecule has 2 aromatic carbocycles. The summed E-state index contributed by atoms with van der Waals surface area (Å²) in [5, 5.41) is 22.3. The molecule has 0 saturated heterocycles. The van der Waals surface area contributed by atoms with Crippen molar-refractivity contribution >= 4 is 12.1 Å². The SMILES string of the molecule is COc1ccc(-c2cc(C=NNC(=O)c3ccc(O)c(C#N)c3)ccn2)cc1. The Balaban J connectivity index is 1.70. The van der Waals surface area contributed by atoms with Gasteiger partial charge in [-0.1, -0.05) is 0 Å². The Morgan fingerprint density at radius 3 is 2.71 bits per heavy atom. The highest BCUT2D eigenvalue weighted by molar-refractivity contribution is 5.95. The average molecular weight is 372 g/mol. The number of hydrazone groups is 1. The predicted molar refractivity (Wildman–Crippen MR) is 104 cm³/mol. The number of benzene rings is 2. The third-order valence-electron chi connectivity index (χ3n) is 3.93. The van der Waals surface area contributed by atoms with Crippen molar-refractivity contribution in [1.82, 2.24) is 10.4 Å². The van der Waals surface area contributed by atoms with E-state index >= 15 is 0 Å². The molecule has 0 atom stereocenters. The molecule has 0 spiro atoms. The maximum atomic E-state index is 12.1. The molecule has 7 nitrogen and oxygen atoms in total. The van der Waals surface area contributed by atoms with Gasteiger partial charge in [-0.25, -0.2) is 5.43 Å². The molecule has 3 rings (SSSR count). The van der Waals surface area contributed by atoms with Gasteiger partial charge in [-0.05, 0) is 60.2 Å². The van der Waals surface area contributed by atoms with Crippen molar-refractivity contribution in [2.75, 3.05) is 7.11 Å². The van der Waals surface area contributed by atoms with Crippen molar-refractivity contribution in [3.63, 3.8) is 0 Å². The van der Waals surface area contributed by atoms with Crippen LogP contribution in [-0.4, -0.2) is 29.3 Å². The number of carbonyl (C=O) groups is 1. The van der Waals surface area contributed by atoms with E-state index in [9.17, 15) is 9.90 Å². The van der Waals surface area contributed by atoms with E-state index in [1.54, 1.807) is 19.4 Å². The van der Waals surface area contributed by atoms with E-state index in [0.717, 1.165) is 22.6 Å². The van der Waals surface area contributed by atoms with Gasteiger partial charge in [0.1, 0.15) is 17.6 Å². The van der Waals surface area contributed by atoms with Crippen LogP contribution in [0.4, 0.5) is 0 Å². The zero-order valence-electron chi connectivity index (χ0n) is 15.0. The molecule has 0 fully saturated rings. The topological polar surface area (TPSA) is 108 Å². The number of nitriles is 1. The predicted octanol–water partition coefficient (Wildman–Crippen LogP) is 3.10. The fourth-order valence-corrected chi connectivity index (χ4v) is 2.44. The summed E-state index contributed by atoms with van der Waals surface area (Å²) in [6, 6.07) is 16.9. The molecule has 0 saturated carbocycles. The summed E-state index contributed by atoms with van der Waals surface area (Å²) < 4.78 is 5.15. The second kappa shape index (κ2) is 8.47. The van der Waals surface area contributed by atoms with E-state index in [1.165, 1.54) is 24.4 Å². The Labute approximate surface area is 161 Å². The van der Waals surface area contributed by atoms with Crippen LogP contribution in [0.15, 0.2) is 65.9 Å². The molecule has 0 unspecified atom stereocenters. The molecule has 28 heavy (non-hydrogen) atoms. The number of methoxy groups -OCH3 is 1. The highest BCUT2D eigenvalue weighted by Crippen LogP contribution is 2.21. The smallest absolute Gasteiger partial charge is 0.271 e. The van der Waals surface area contributed by atoms with Crippen molar-refractivity contribution in [1.29, 1.82) is 5.26 Å². The normalized spacial score (nSPS) is 10.4. The molecule has 0 aliphatic carbocycles. The minimum absolute atomic E-state index is 0.0231. The summed E-state index contributed by atoms with van der Waals surface area (Å²) in [5.74, 6) is 0.0977. The van der Waals surface area contributed by atoms with Crippen molar-refractivity contribution in [3.8, 4) is 28.8 Å². The van der Waals surface area contributed by atoms with Gasteiger partial charge in [0, 0.05) is 17.3 Å². The van der Waals surface area contributed by atoms with Crippen LogP contribution in [0.2, 0.25) is 0 Å². The van der Waals surface area contributed by atoms with Crippen LogP contribution in [-0.2, 0) is 0 Å². The van der Waals surface area contributed by atoms with Gasteiger partial charge in [0.15, 0.2) is 0 Å². The Kier molecular flexibility index (Phi) is 5.63. The molecule has 1 aromatic heterocycles. The first-order valence-electron chi connectivity index (χ1n) is 8.27. The number of aromatic nitrogens is 1. The van der Waals surface area contributed by atoms with Gasteiger partial charge in [-0.3, -0.25) is 9.78 Å². The van der Waals surface area contributed by atoms with E-state index in [1.807, 2.05) is 36.4 Å². The van der Waals surface area contributed by atoms with E-state index in [2.05, 4.69) is 15.5 Å². The zero-order chi connectivity index (χ0) is 19.9. The summed E-state index contributed by atoms with van der Waals surface area (Å²) in [6.45, 7) is 0. The van der Waals surface area contributed by atoms with Crippen LogP contribution in [0.5, 0.6) is 11.5 Å². The minimum atomic E-state index is -0.489. The molecule has 3 aromatic rings. The average Bonchev–Trinajstić information content (AvgIpc) is 2.74. The third kappa shape index (κ3) is 4.31. The first-order chi connectivity index (χ1) is 13.6. The fourth-order valence-electron chi connectivity index (χ4n) is 2.44. The molecule has 0 aliphatic rings. The molecule has 138 valence electrons. The third-order valence-corrected chi connectivity index (χ3v) is 3.93. The van der Waals surface area contributed by atoms with Gasteiger partial charge in [0.25, 0.3) is 5.91 Å². The number of phenols is 1. The molecule has 1 heterocycles. The van der Waals surface area contributed by atoms with Crippen LogP contribution in [0, 0.1) is 11.3 Å². The van der Waals surface area contributed by atoms with E-state index in [4.69, 9.17) is 10.00 Å². The zero-order valence-corrected chi connectivity index (χ0v) is 15.0. The summed E-state index contributed by atoms with van der Waals surface area (Å²) in [5.41, 5.74) is 5.08. The second-order valence-electron chi connectivity index (χ2n) is 5.75. The Morgan fingerprint density at radius 2 is 2.00 bits per heavy atom. The number of nitrogens with one attached hydrogen (secondary N) is 1. The minimum Gasteiger partial charge on any atom is -0.507 e. The van der Waals surface area contributed by atoms with Crippen LogP contribution >= 0.6 is 0 Å². The van der Waals surface area contributed by atoms with Gasteiger partial charge < -0.3 is 9.84 Å². The standard InChI is InChI=1S/C21H16N4O3/c1-28-18-5-2-15(3-6-18)19-10-14(8-9-23-19)13-24-25-21(27)16-4-7-20(26)17(11-16)12-22/h2-11,13,26H,1H3,(H,25,27). The number of nitrogens with zero attached hydrogens (tertiary/aromatic N) is 3. The number of aromatic hydroxyl groups is 1. The lowest BCUT2D eigenvalue weighted by molar-refractivity contribution is 0.0955. The Morgan fingerprint density at radius 1 is 1.21 bits per heavy atom. The quantitative estimate of drug-likeness (QED) is 0.528. The number of amides is 1. The van der Waals surface area contributed by atoms with Crippen LogP contribution < -0.4 is 10.2 Å². The monoisotopic (exact) mass is 372 g/mol. The van der Waals surface area contributed by atoms with E-state index < -0.39 is 5.91 Å². The molecule has 0 radical (unpaired) electrons. The maximum Gasteiger partial charge on any atom is 0.271 e. The largest absolute Gasteiger partial charge is 0.507 e. The van der Waals surface area contributed by atoms with Gasteiger partial charge in [0.05, 0.1) is 24.6 Å². The first-order valence-corrected chi connectivity index (χ1v) is 8.27. The molecule has 7 heteroatoms. The number of pyridine rings is 1. The number of carbonyl (C=O) groups excluding carboxylic acids is 1. The highest BCUT2D eigenvalue weighted by Gasteiger charge is 2.08. The maximum absolute atomic E-state index is 12.1. The summed E-state index contributed by atoms with van der Waals surface area (Å²) in [4.78, 5) is 16.5. The number of hydrogen-bond acceptors (Lipinski definition) is 6. The number of ether oxygens (including phenoxy) is 1. The lowest BCUT2D eigenvalue weighted by Crippen LogP contribution is -2.17. The highest BCUT2D eigenvalue weighted by atomic mass is 16.5. The van der Waals surface area contributed by atoms with E-state index in [-0.39, 0.29) is 16.9 Å². The summed E-state index contributed by atoms with van der Waals surface area (Å²) >= 11 is 0. The van der Waals surface area contributed by atoms with Gasteiger partial charge in [-0.2, -0.15) is 10.4 Å². The second-order valence-corrected chi connectivity index (χ2v) is 5.75. The van der Waals surface area contributed by atoms with Crippen LogP contribution in [0.1, 0.15) is 21.5 Å². The molecule has 0 aliphatic heterocycles. The molecule has 0 bridgehead atoms. The van der Waals surface area contributed by atoms with Crippen LogP contribution in [0.25, 0.3) is 11.3 Å². The van der Waals surface area contributed by atoms with Crippen molar-refractivity contribution in [2.45, 2.75) is 0 Å². The number of rotatable bonds is 5. The fraction of sp³-hybridized carbons (Fsp3) is 0.0476. The Bertz CT molecular complexity index is 1070. The molecular weight excluding hydrogens is 356 g/mol. The lowest BCUT2D eigenvalue weighted by atomic mass is 10.1. The summed E-state index contributed by atoms with van der Waals surface area (Å²) in [7, 11) is 1.61. The van der Waals surface area contributed by atoms with Crippen molar-refractivity contribution in [2.24, 2.45) is 5.10 Å². The van der Waals surface area contributed by atoms with Crippen molar-refractivity contribution in [3.05, 3.63) is 77.5 Å². The van der Waals surface area contributed by atoms with Crippen LogP contribution in [0.3, 0.4) is 0 Å². The lowest BCUT2D eigenvalue weighted by Gasteiger charge is -2.04. The Hall–Kier alpha value is -4.18. The van der Waals surface area contributed by atoms with Gasteiger partial charge in [0.2, 0.25) is 0 Å². The van der Waals surface area contributed by atoms with Crippen molar-refractivity contribution < 1.29 is 14.6 Å². The number of hydrogen-bond donors (Lipinski definition) is 2. The molecular formula is C21H16N4O3. The molecule has 1 amide bonds. The van der Waals surface area contributed by atoms with Gasteiger partial charge >= 0.3 is 0 Å². The van der Waals surface area contributed by atoms with E-state index in [0.29, 0.717) is 0 Å². The molecule has 2 N–H and O–H groups in total.